The van der Waals surface area contributed by atoms with E-state index >= 15 is 0 Å². The van der Waals surface area contributed by atoms with Crippen molar-refractivity contribution in [2.45, 2.75) is 12.8 Å². The summed E-state index contributed by atoms with van der Waals surface area (Å²) in [5.41, 5.74) is 1.20. The van der Waals surface area contributed by atoms with Crippen molar-refractivity contribution in [3.8, 4) is 0 Å². The second kappa shape index (κ2) is 8.39. The van der Waals surface area contributed by atoms with Crippen molar-refractivity contribution in [3.63, 3.8) is 0 Å². The van der Waals surface area contributed by atoms with Crippen LogP contribution < -0.4 is 10.6 Å². The van der Waals surface area contributed by atoms with Crippen LogP contribution >= 0.6 is 15.9 Å². The molecular weight excluding hydrogens is 318 g/mol. The highest BCUT2D eigenvalue weighted by atomic mass is 79.9. The molecule has 0 bridgehead atoms. The summed E-state index contributed by atoms with van der Waals surface area (Å²) in [6.07, 6.45) is 1.36. The normalized spacial score (nSPS) is 16.1. The maximum absolute atomic E-state index is 11.8. The molecule has 110 valence electrons. The Kier molecular flexibility index (Phi) is 6.50. The molecular formula is C15H22BrN3O. The first kappa shape index (κ1) is 15.5. The first-order chi connectivity index (χ1) is 9.74. The number of piperazine rings is 1. The molecule has 2 N–H and O–H groups in total. The Balaban J connectivity index is 1.59. The smallest absolute Gasteiger partial charge is 0.220 e. The van der Waals surface area contributed by atoms with Crippen LogP contribution in [0.2, 0.25) is 0 Å². The Morgan fingerprint density at radius 2 is 1.95 bits per heavy atom. The lowest BCUT2D eigenvalue weighted by molar-refractivity contribution is -0.121. The van der Waals surface area contributed by atoms with Gasteiger partial charge in [-0.2, -0.15) is 0 Å². The van der Waals surface area contributed by atoms with Crippen LogP contribution in [0.15, 0.2) is 28.7 Å². The zero-order valence-corrected chi connectivity index (χ0v) is 13.3. The highest BCUT2D eigenvalue weighted by molar-refractivity contribution is 9.10. The van der Waals surface area contributed by atoms with Crippen molar-refractivity contribution in [3.05, 3.63) is 34.3 Å². The fourth-order valence-corrected chi connectivity index (χ4v) is 2.55. The summed E-state index contributed by atoms with van der Waals surface area (Å²) in [7, 11) is 0. The highest BCUT2D eigenvalue weighted by Gasteiger charge is 2.09. The number of rotatable bonds is 6. The Morgan fingerprint density at radius 1 is 1.25 bits per heavy atom. The molecule has 1 heterocycles. The van der Waals surface area contributed by atoms with Crippen molar-refractivity contribution < 1.29 is 4.79 Å². The lowest BCUT2D eigenvalue weighted by Gasteiger charge is -2.27. The standard InChI is InChI=1S/C15H22BrN3O/c16-14-4-1-13(2-5-14)3-6-15(20)18-9-12-19-10-7-17-8-11-19/h1-2,4-5,17H,3,6-12H2,(H,18,20). The molecule has 0 saturated carbocycles. The van der Waals surface area contributed by atoms with Gasteiger partial charge in [0.15, 0.2) is 0 Å². The molecule has 1 aromatic carbocycles. The molecule has 1 fully saturated rings. The van der Waals surface area contributed by atoms with Crippen LogP contribution in [-0.2, 0) is 11.2 Å². The van der Waals surface area contributed by atoms with Gasteiger partial charge in [0.2, 0.25) is 5.91 Å². The predicted molar refractivity (Wildman–Crippen MR) is 84.8 cm³/mol. The average Bonchev–Trinajstić information content (AvgIpc) is 2.48. The quantitative estimate of drug-likeness (QED) is 0.823. The summed E-state index contributed by atoms with van der Waals surface area (Å²) in [5.74, 6) is 0.142. The van der Waals surface area contributed by atoms with Gasteiger partial charge in [-0.05, 0) is 24.1 Å². The molecule has 0 aliphatic carbocycles. The van der Waals surface area contributed by atoms with E-state index in [9.17, 15) is 4.79 Å². The fraction of sp³-hybridized carbons (Fsp3) is 0.533. The molecule has 0 aromatic heterocycles. The summed E-state index contributed by atoms with van der Waals surface area (Å²) in [6, 6.07) is 8.13. The number of halogens is 1. The fourth-order valence-electron chi connectivity index (χ4n) is 2.29. The van der Waals surface area contributed by atoms with Crippen LogP contribution in [0.25, 0.3) is 0 Å². The summed E-state index contributed by atoms with van der Waals surface area (Å²) >= 11 is 3.41. The van der Waals surface area contributed by atoms with Gasteiger partial charge in [-0.25, -0.2) is 0 Å². The van der Waals surface area contributed by atoms with Crippen molar-refractivity contribution >= 4 is 21.8 Å². The van der Waals surface area contributed by atoms with Gasteiger partial charge < -0.3 is 10.6 Å². The maximum Gasteiger partial charge on any atom is 0.220 e. The molecule has 0 radical (unpaired) electrons. The SMILES string of the molecule is O=C(CCc1ccc(Br)cc1)NCCN1CCNCC1. The molecule has 2 rings (SSSR count). The number of nitrogens with one attached hydrogen (secondary N) is 2. The average molecular weight is 340 g/mol. The number of nitrogens with zero attached hydrogens (tertiary/aromatic N) is 1. The summed E-state index contributed by atoms with van der Waals surface area (Å²) in [6.45, 7) is 5.96. The van der Waals surface area contributed by atoms with Crippen LogP contribution in [0.1, 0.15) is 12.0 Å². The molecule has 1 saturated heterocycles. The predicted octanol–water partition coefficient (Wildman–Crippen LogP) is 1.40. The number of amides is 1. The van der Waals surface area contributed by atoms with E-state index in [1.807, 2.05) is 12.1 Å². The molecule has 1 aliphatic heterocycles. The van der Waals surface area contributed by atoms with E-state index in [0.29, 0.717) is 6.42 Å². The third kappa shape index (κ3) is 5.61. The van der Waals surface area contributed by atoms with Gasteiger partial charge in [0, 0.05) is 50.2 Å². The minimum absolute atomic E-state index is 0.142. The Morgan fingerprint density at radius 3 is 2.65 bits per heavy atom. The Hall–Kier alpha value is -0.910. The molecule has 0 atom stereocenters. The third-order valence-corrected chi connectivity index (χ3v) is 4.04. The third-order valence-electron chi connectivity index (χ3n) is 3.51. The van der Waals surface area contributed by atoms with E-state index in [1.165, 1.54) is 5.56 Å². The van der Waals surface area contributed by atoms with E-state index in [1.54, 1.807) is 0 Å². The van der Waals surface area contributed by atoms with Gasteiger partial charge in [0.25, 0.3) is 0 Å². The van der Waals surface area contributed by atoms with Crippen molar-refractivity contribution in [2.24, 2.45) is 0 Å². The number of benzene rings is 1. The van der Waals surface area contributed by atoms with E-state index in [4.69, 9.17) is 0 Å². The number of hydrogen-bond acceptors (Lipinski definition) is 3. The lowest BCUT2D eigenvalue weighted by atomic mass is 10.1. The minimum atomic E-state index is 0.142. The largest absolute Gasteiger partial charge is 0.355 e. The summed E-state index contributed by atoms with van der Waals surface area (Å²) < 4.78 is 1.07. The van der Waals surface area contributed by atoms with Crippen LogP contribution in [0.4, 0.5) is 0 Å². The summed E-state index contributed by atoms with van der Waals surface area (Å²) in [4.78, 5) is 14.2. The van der Waals surface area contributed by atoms with Crippen LogP contribution in [-0.4, -0.2) is 50.1 Å². The Labute approximate surface area is 129 Å². The van der Waals surface area contributed by atoms with Gasteiger partial charge in [-0.15, -0.1) is 0 Å². The van der Waals surface area contributed by atoms with E-state index in [2.05, 4.69) is 43.6 Å². The van der Waals surface area contributed by atoms with Crippen LogP contribution in [0, 0.1) is 0 Å². The van der Waals surface area contributed by atoms with Gasteiger partial charge in [0.1, 0.15) is 0 Å². The number of hydrogen-bond donors (Lipinski definition) is 2. The van der Waals surface area contributed by atoms with Crippen molar-refractivity contribution in [2.75, 3.05) is 39.3 Å². The molecule has 1 aromatic rings. The first-order valence-corrected chi connectivity index (χ1v) is 7.97. The van der Waals surface area contributed by atoms with Crippen LogP contribution in [0.3, 0.4) is 0 Å². The van der Waals surface area contributed by atoms with Crippen molar-refractivity contribution in [1.82, 2.24) is 15.5 Å². The van der Waals surface area contributed by atoms with Gasteiger partial charge >= 0.3 is 0 Å². The van der Waals surface area contributed by atoms with Crippen molar-refractivity contribution in [1.29, 1.82) is 0 Å². The van der Waals surface area contributed by atoms with E-state index in [0.717, 1.165) is 50.2 Å². The number of aryl methyl sites for hydroxylation is 1. The van der Waals surface area contributed by atoms with Gasteiger partial charge in [0.05, 0.1) is 0 Å². The molecule has 1 aliphatic rings. The van der Waals surface area contributed by atoms with Crippen LogP contribution in [0.5, 0.6) is 0 Å². The molecule has 1 amide bonds. The second-order valence-corrected chi connectivity index (χ2v) is 5.98. The van der Waals surface area contributed by atoms with E-state index < -0.39 is 0 Å². The lowest BCUT2D eigenvalue weighted by Crippen LogP contribution is -2.46. The Bertz CT molecular complexity index is 416. The van der Waals surface area contributed by atoms with Gasteiger partial charge in [-0.1, -0.05) is 28.1 Å². The second-order valence-electron chi connectivity index (χ2n) is 5.07. The van der Waals surface area contributed by atoms with Gasteiger partial charge in [-0.3, -0.25) is 9.69 Å². The minimum Gasteiger partial charge on any atom is -0.355 e. The number of carbonyl (C=O) groups is 1. The first-order valence-electron chi connectivity index (χ1n) is 7.18. The molecule has 5 heteroatoms. The molecule has 0 unspecified atom stereocenters. The zero-order valence-electron chi connectivity index (χ0n) is 11.7. The number of carbonyl (C=O) groups excluding carboxylic acids is 1. The maximum atomic E-state index is 11.8. The monoisotopic (exact) mass is 339 g/mol. The highest BCUT2D eigenvalue weighted by Crippen LogP contribution is 2.11. The molecule has 4 nitrogen and oxygen atoms in total. The van der Waals surface area contributed by atoms with E-state index in [-0.39, 0.29) is 5.91 Å². The topological polar surface area (TPSA) is 44.4 Å². The zero-order chi connectivity index (χ0) is 14.2. The molecule has 0 spiro atoms. The summed E-state index contributed by atoms with van der Waals surface area (Å²) in [5, 5.41) is 6.33. The molecule has 20 heavy (non-hydrogen) atoms.